The summed E-state index contributed by atoms with van der Waals surface area (Å²) in [5.41, 5.74) is 5.04. The monoisotopic (exact) mass is 482 g/mol. The van der Waals surface area contributed by atoms with Gasteiger partial charge in [-0.1, -0.05) is 44.2 Å². The lowest BCUT2D eigenvalue weighted by Gasteiger charge is -2.55. The van der Waals surface area contributed by atoms with E-state index in [2.05, 4.69) is 66.5 Å². The van der Waals surface area contributed by atoms with Gasteiger partial charge < -0.3 is 10.1 Å². The molecule has 3 aliphatic rings. The van der Waals surface area contributed by atoms with Crippen LogP contribution in [0.4, 0.5) is 0 Å². The maximum atomic E-state index is 13.1. The maximum absolute atomic E-state index is 13.1. The van der Waals surface area contributed by atoms with E-state index in [9.17, 15) is 4.79 Å². The summed E-state index contributed by atoms with van der Waals surface area (Å²) in [7, 11) is 1.69. The maximum Gasteiger partial charge on any atom is 0.251 e. The van der Waals surface area contributed by atoms with E-state index in [1.54, 1.807) is 7.11 Å². The van der Waals surface area contributed by atoms with Crippen LogP contribution < -0.4 is 10.1 Å². The lowest BCUT2D eigenvalue weighted by molar-refractivity contribution is 0.0284. The van der Waals surface area contributed by atoms with Gasteiger partial charge in [0.1, 0.15) is 5.75 Å². The number of ether oxygens (including phenoxy) is 1. The molecule has 36 heavy (non-hydrogen) atoms. The van der Waals surface area contributed by atoms with Crippen molar-refractivity contribution < 1.29 is 9.53 Å². The molecule has 0 spiro atoms. The molecule has 0 radical (unpaired) electrons. The summed E-state index contributed by atoms with van der Waals surface area (Å²) in [6.07, 6.45) is 5.95. The highest BCUT2D eigenvalue weighted by Gasteiger charge is 2.49. The lowest BCUT2D eigenvalue weighted by Crippen LogP contribution is -2.58. The fraction of sp³-hybridized carbons (Fsp3) is 0.469. The van der Waals surface area contributed by atoms with E-state index in [0.717, 1.165) is 30.1 Å². The molecule has 4 nitrogen and oxygen atoms in total. The SMILES string of the molecule is COc1ccc2cc(CCNC(=O)c3ccc4c(c3)[C@]3(C)CCN(CC5CC5)[C@H](C4)[C@@H]3C)ccc2c1. The highest BCUT2D eigenvalue weighted by atomic mass is 16.5. The Bertz CT molecular complexity index is 1300. The van der Waals surface area contributed by atoms with Crippen molar-refractivity contribution in [2.24, 2.45) is 11.8 Å². The highest BCUT2D eigenvalue weighted by Crippen LogP contribution is 2.49. The van der Waals surface area contributed by atoms with Crippen molar-refractivity contribution in [2.75, 3.05) is 26.7 Å². The molecule has 3 aromatic rings. The van der Waals surface area contributed by atoms with E-state index in [4.69, 9.17) is 4.74 Å². The first kappa shape index (κ1) is 23.5. The van der Waals surface area contributed by atoms with Crippen LogP contribution in [0.3, 0.4) is 0 Å². The van der Waals surface area contributed by atoms with Gasteiger partial charge in [0.25, 0.3) is 5.91 Å². The second-order valence-corrected chi connectivity index (χ2v) is 11.6. The van der Waals surface area contributed by atoms with Crippen molar-refractivity contribution in [3.8, 4) is 5.75 Å². The number of amides is 1. The minimum Gasteiger partial charge on any atom is -0.497 e. The minimum absolute atomic E-state index is 0.0351. The van der Waals surface area contributed by atoms with Crippen molar-refractivity contribution in [3.05, 3.63) is 76.9 Å². The second-order valence-electron chi connectivity index (χ2n) is 11.6. The molecule has 1 N–H and O–H groups in total. The third kappa shape index (κ3) is 4.30. The number of fused-ring (bicyclic) bond motifs is 5. The predicted octanol–water partition coefficient (Wildman–Crippen LogP) is 5.76. The molecule has 3 aromatic carbocycles. The molecule has 6 rings (SSSR count). The molecule has 4 heteroatoms. The smallest absolute Gasteiger partial charge is 0.251 e. The standard InChI is InChI=1S/C32H38N2O2/c1-21-30-19-26-8-9-27(18-29(26)32(21,2)13-15-34(30)20-23-4-5-23)31(35)33-14-12-22-6-7-25-17-28(36-3)11-10-24(25)16-22/h6-11,16-18,21,23,30H,4-5,12-15,19-20H2,1-3H3,(H,33,35)/t21-,30+,32+/m0/s1. The van der Waals surface area contributed by atoms with Gasteiger partial charge in [0, 0.05) is 24.7 Å². The van der Waals surface area contributed by atoms with Crippen molar-refractivity contribution in [1.82, 2.24) is 10.2 Å². The largest absolute Gasteiger partial charge is 0.497 e. The molecule has 3 atom stereocenters. The van der Waals surface area contributed by atoms with Gasteiger partial charge in [-0.3, -0.25) is 9.69 Å². The van der Waals surface area contributed by atoms with Crippen molar-refractivity contribution >= 4 is 16.7 Å². The fourth-order valence-electron chi connectivity index (χ4n) is 6.69. The van der Waals surface area contributed by atoms with E-state index in [0.29, 0.717) is 18.5 Å². The average Bonchev–Trinajstić information content (AvgIpc) is 3.71. The summed E-state index contributed by atoms with van der Waals surface area (Å²) in [4.78, 5) is 15.9. The van der Waals surface area contributed by atoms with Crippen LogP contribution >= 0.6 is 0 Å². The van der Waals surface area contributed by atoms with Crippen LogP contribution in [0.25, 0.3) is 10.8 Å². The Labute approximate surface area is 215 Å². The van der Waals surface area contributed by atoms with Gasteiger partial charge in [-0.15, -0.1) is 0 Å². The molecule has 0 aromatic heterocycles. The molecule has 1 saturated carbocycles. The van der Waals surface area contributed by atoms with Gasteiger partial charge in [0.15, 0.2) is 0 Å². The number of likely N-dealkylation sites (tertiary alicyclic amines) is 1. The number of piperidine rings is 1. The first-order valence-electron chi connectivity index (χ1n) is 13.7. The van der Waals surface area contributed by atoms with Crippen molar-refractivity contribution in [2.45, 2.75) is 57.4 Å². The Kier molecular flexibility index (Phi) is 6.03. The van der Waals surface area contributed by atoms with Gasteiger partial charge in [-0.05, 0) is 108 Å². The number of carbonyl (C=O) groups excluding carboxylic acids is 1. The Hall–Kier alpha value is -2.85. The van der Waals surface area contributed by atoms with Gasteiger partial charge in [-0.2, -0.15) is 0 Å². The molecule has 2 fully saturated rings. The van der Waals surface area contributed by atoms with Gasteiger partial charge in [0.05, 0.1) is 7.11 Å². The minimum atomic E-state index is 0.0351. The number of hydrogen-bond donors (Lipinski definition) is 1. The van der Waals surface area contributed by atoms with Crippen molar-refractivity contribution in [3.63, 3.8) is 0 Å². The van der Waals surface area contributed by atoms with Crippen LogP contribution in [0, 0.1) is 11.8 Å². The molecule has 188 valence electrons. The van der Waals surface area contributed by atoms with Gasteiger partial charge in [-0.25, -0.2) is 0 Å². The summed E-state index contributed by atoms with van der Waals surface area (Å²) < 4.78 is 5.33. The fourth-order valence-corrected chi connectivity index (χ4v) is 6.69. The number of methoxy groups -OCH3 is 1. The zero-order valence-electron chi connectivity index (χ0n) is 21.8. The zero-order chi connectivity index (χ0) is 24.9. The number of nitrogens with one attached hydrogen (secondary N) is 1. The van der Waals surface area contributed by atoms with Gasteiger partial charge >= 0.3 is 0 Å². The summed E-state index contributed by atoms with van der Waals surface area (Å²) in [5, 5.41) is 5.53. The third-order valence-electron chi connectivity index (χ3n) is 9.39. The Morgan fingerprint density at radius 2 is 1.89 bits per heavy atom. The second kappa shape index (κ2) is 9.23. The van der Waals surface area contributed by atoms with E-state index >= 15 is 0 Å². The molecule has 2 bridgehead atoms. The van der Waals surface area contributed by atoms with Gasteiger partial charge in [0.2, 0.25) is 0 Å². The first-order chi connectivity index (χ1) is 17.4. The molecule has 1 aliphatic heterocycles. The average molecular weight is 483 g/mol. The van der Waals surface area contributed by atoms with Crippen LogP contribution in [0.2, 0.25) is 0 Å². The number of carbonyl (C=O) groups is 1. The Balaban J connectivity index is 1.13. The lowest BCUT2D eigenvalue weighted by atomic mass is 9.59. The summed E-state index contributed by atoms with van der Waals surface area (Å²) in [6.45, 7) is 7.99. The zero-order valence-corrected chi connectivity index (χ0v) is 21.8. The molecule has 1 heterocycles. The van der Waals surface area contributed by atoms with E-state index in [-0.39, 0.29) is 11.3 Å². The van der Waals surface area contributed by atoms with E-state index < -0.39 is 0 Å². The highest BCUT2D eigenvalue weighted by molar-refractivity contribution is 5.94. The summed E-state index contributed by atoms with van der Waals surface area (Å²) in [5.74, 6) is 2.46. The molecule has 0 unspecified atom stereocenters. The van der Waals surface area contributed by atoms with Crippen molar-refractivity contribution in [1.29, 1.82) is 0 Å². The molecule has 1 saturated heterocycles. The third-order valence-corrected chi connectivity index (χ3v) is 9.39. The number of benzene rings is 3. The Morgan fingerprint density at radius 1 is 1.08 bits per heavy atom. The van der Waals surface area contributed by atoms with Crippen LogP contribution in [0.1, 0.15) is 60.2 Å². The van der Waals surface area contributed by atoms with Crippen LogP contribution in [0.5, 0.6) is 5.75 Å². The topological polar surface area (TPSA) is 41.6 Å². The first-order valence-corrected chi connectivity index (χ1v) is 13.7. The normalized spacial score (nSPS) is 25.4. The molecular formula is C32H38N2O2. The van der Waals surface area contributed by atoms with E-state index in [1.165, 1.54) is 59.8 Å². The number of hydrogen-bond acceptors (Lipinski definition) is 3. The number of rotatable bonds is 7. The molecule has 2 aliphatic carbocycles. The summed E-state index contributed by atoms with van der Waals surface area (Å²) >= 11 is 0. The van der Waals surface area contributed by atoms with Crippen LogP contribution in [0.15, 0.2) is 54.6 Å². The molecular weight excluding hydrogens is 444 g/mol. The summed E-state index contributed by atoms with van der Waals surface area (Å²) in [6, 6.07) is 19.7. The number of nitrogens with zero attached hydrogens (tertiary/aromatic N) is 1. The molecule has 1 amide bonds. The Morgan fingerprint density at radius 3 is 2.69 bits per heavy atom. The van der Waals surface area contributed by atoms with Crippen LogP contribution in [-0.2, 0) is 18.3 Å². The predicted molar refractivity (Wildman–Crippen MR) is 146 cm³/mol. The van der Waals surface area contributed by atoms with Crippen LogP contribution in [-0.4, -0.2) is 43.6 Å². The quantitative estimate of drug-likeness (QED) is 0.466. The van der Waals surface area contributed by atoms with E-state index in [1.807, 2.05) is 12.1 Å².